The van der Waals surface area contributed by atoms with Crippen LogP contribution >= 0.6 is 23.2 Å². The van der Waals surface area contributed by atoms with Gasteiger partial charge in [0.2, 0.25) is 10.0 Å². The first-order chi connectivity index (χ1) is 9.94. The molecule has 1 unspecified atom stereocenters. The Balaban J connectivity index is 2.29. The number of benzene rings is 1. The van der Waals surface area contributed by atoms with Crippen molar-refractivity contribution in [2.75, 3.05) is 0 Å². The van der Waals surface area contributed by atoms with Gasteiger partial charge in [-0.2, -0.15) is 0 Å². The highest BCUT2D eigenvalue weighted by Crippen LogP contribution is 2.24. The van der Waals surface area contributed by atoms with Crippen LogP contribution in [0.3, 0.4) is 0 Å². The van der Waals surface area contributed by atoms with Gasteiger partial charge in [0.05, 0.1) is 5.02 Å². The summed E-state index contributed by atoms with van der Waals surface area (Å²) in [5.74, 6) is 0. The largest absolute Gasteiger partial charge is 0.242 e. The number of halogens is 2. The molecule has 0 fully saturated rings. The molecule has 1 N–H and O–H groups in total. The van der Waals surface area contributed by atoms with Crippen molar-refractivity contribution in [2.45, 2.75) is 24.3 Å². The second-order valence-electron chi connectivity index (χ2n) is 4.44. The van der Waals surface area contributed by atoms with E-state index in [1.807, 2.05) is 37.3 Å². The summed E-state index contributed by atoms with van der Waals surface area (Å²) in [6.45, 7) is 1.91. The number of nitrogens with zero attached hydrogens (tertiary/aromatic N) is 1. The standard InChI is InChI=1S/C14H14Cl2N2O2S/c1-2-13(10-6-4-3-5-7-10)18-21(19,20)11-8-12(15)14(16)17-9-11/h3-9,13,18H,2H2,1H3. The van der Waals surface area contributed by atoms with Gasteiger partial charge in [-0.25, -0.2) is 18.1 Å². The number of rotatable bonds is 5. The maximum Gasteiger partial charge on any atom is 0.242 e. The summed E-state index contributed by atoms with van der Waals surface area (Å²) in [6.07, 6.45) is 1.81. The van der Waals surface area contributed by atoms with Gasteiger partial charge < -0.3 is 0 Å². The van der Waals surface area contributed by atoms with E-state index < -0.39 is 10.0 Å². The van der Waals surface area contributed by atoms with Crippen molar-refractivity contribution in [3.63, 3.8) is 0 Å². The highest BCUT2D eigenvalue weighted by Gasteiger charge is 2.21. The molecule has 1 aromatic heterocycles. The molecule has 0 bridgehead atoms. The van der Waals surface area contributed by atoms with Gasteiger partial charge in [-0.05, 0) is 18.1 Å². The molecule has 2 rings (SSSR count). The van der Waals surface area contributed by atoms with Crippen molar-refractivity contribution in [3.05, 3.63) is 58.3 Å². The van der Waals surface area contributed by atoms with Crippen molar-refractivity contribution >= 4 is 33.2 Å². The fourth-order valence-electron chi connectivity index (χ4n) is 1.88. The molecule has 0 saturated heterocycles. The fourth-order valence-corrected chi connectivity index (χ4v) is 3.49. The summed E-state index contributed by atoms with van der Waals surface area (Å²) >= 11 is 11.5. The lowest BCUT2D eigenvalue weighted by Crippen LogP contribution is -2.28. The van der Waals surface area contributed by atoms with Gasteiger partial charge in [0.15, 0.2) is 0 Å². The summed E-state index contributed by atoms with van der Waals surface area (Å²) in [7, 11) is -3.71. The van der Waals surface area contributed by atoms with Crippen LogP contribution in [0.2, 0.25) is 10.2 Å². The Kier molecular flexibility index (Phi) is 5.22. The van der Waals surface area contributed by atoms with Crippen LogP contribution in [0.15, 0.2) is 47.5 Å². The molecule has 0 amide bonds. The minimum Gasteiger partial charge on any atom is -0.242 e. The lowest BCUT2D eigenvalue weighted by molar-refractivity contribution is 0.550. The van der Waals surface area contributed by atoms with E-state index in [-0.39, 0.29) is 21.1 Å². The lowest BCUT2D eigenvalue weighted by Gasteiger charge is -2.17. The van der Waals surface area contributed by atoms with Gasteiger partial charge in [0.1, 0.15) is 10.0 Å². The molecule has 1 atom stereocenters. The third kappa shape index (κ3) is 3.95. The number of hydrogen-bond acceptors (Lipinski definition) is 3. The maximum atomic E-state index is 12.4. The predicted octanol–water partition coefficient (Wildman–Crippen LogP) is 3.82. The van der Waals surface area contributed by atoms with Crippen molar-refractivity contribution in [2.24, 2.45) is 0 Å². The molecule has 0 saturated carbocycles. The van der Waals surface area contributed by atoms with E-state index >= 15 is 0 Å². The summed E-state index contributed by atoms with van der Waals surface area (Å²) in [5.41, 5.74) is 0.900. The van der Waals surface area contributed by atoms with Crippen LogP contribution in [0.1, 0.15) is 24.9 Å². The Bertz CT molecular complexity index is 721. The minimum absolute atomic E-state index is 0.00807. The summed E-state index contributed by atoms with van der Waals surface area (Å²) in [6, 6.07) is 10.4. The van der Waals surface area contributed by atoms with Crippen LogP contribution in [-0.2, 0) is 10.0 Å². The molecule has 2 aromatic rings. The van der Waals surface area contributed by atoms with Crippen molar-refractivity contribution in [3.8, 4) is 0 Å². The average Bonchev–Trinajstić information content (AvgIpc) is 2.48. The molecule has 21 heavy (non-hydrogen) atoms. The molecule has 0 radical (unpaired) electrons. The summed E-state index contributed by atoms with van der Waals surface area (Å²) in [5, 5.41) is 0.179. The lowest BCUT2D eigenvalue weighted by atomic mass is 10.1. The molecule has 0 aliphatic heterocycles. The Morgan fingerprint density at radius 2 is 1.90 bits per heavy atom. The van der Waals surface area contributed by atoms with Crippen LogP contribution in [0.5, 0.6) is 0 Å². The van der Waals surface area contributed by atoms with Gasteiger partial charge in [0.25, 0.3) is 0 Å². The van der Waals surface area contributed by atoms with E-state index in [1.165, 1.54) is 12.3 Å². The smallest absolute Gasteiger partial charge is 0.242 e. The molecule has 0 aliphatic rings. The van der Waals surface area contributed by atoms with Crippen LogP contribution in [0.25, 0.3) is 0 Å². The summed E-state index contributed by atoms with van der Waals surface area (Å²) in [4.78, 5) is 3.76. The number of aromatic nitrogens is 1. The maximum absolute atomic E-state index is 12.4. The van der Waals surface area contributed by atoms with Crippen molar-refractivity contribution in [1.82, 2.24) is 9.71 Å². The van der Waals surface area contributed by atoms with Gasteiger partial charge in [-0.1, -0.05) is 60.5 Å². The first-order valence-electron chi connectivity index (χ1n) is 6.32. The number of sulfonamides is 1. The molecule has 4 nitrogen and oxygen atoms in total. The quantitative estimate of drug-likeness (QED) is 0.838. The second-order valence-corrected chi connectivity index (χ2v) is 6.92. The minimum atomic E-state index is -3.71. The van der Waals surface area contributed by atoms with Gasteiger partial charge in [-0.15, -0.1) is 0 Å². The SMILES string of the molecule is CCC(NS(=O)(=O)c1cnc(Cl)c(Cl)c1)c1ccccc1. The van der Waals surface area contributed by atoms with Crippen LogP contribution in [-0.4, -0.2) is 13.4 Å². The molecule has 0 aliphatic carbocycles. The van der Waals surface area contributed by atoms with E-state index in [2.05, 4.69) is 9.71 Å². The first kappa shape index (κ1) is 16.2. The highest BCUT2D eigenvalue weighted by molar-refractivity contribution is 7.89. The molecule has 112 valence electrons. The number of pyridine rings is 1. The Labute approximate surface area is 134 Å². The third-order valence-corrected chi connectivity index (χ3v) is 5.11. The van der Waals surface area contributed by atoms with Crippen molar-refractivity contribution < 1.29 is 8.42 Å². The molecule has 7 heteroatoms. The number of nitrogens with one attached hydrogen (secondary N) is 1. The highest BCUT2D eigenvalue weighted by atomic mass is 35.5. The fraction of sp³-hybridized carbons (Fsp3) is 0.214. The monoisotopic (exact) mass is 344 g/mol. The van der Waals surface area contributed by atoms with Crippen LogP contribution < -0.4 is 4.72 Å². The Hall–Kier alpha value is -1.14. The zero-order chi connectivity index (χ0) is 15.5. The molecular weight excluding hydrogens is 331 g/mol. The third-order valence-electron chi connectivity index (χ3n) is 2.99. The first-order valence-corrected chi connectivity index (χ1v) is 8.56. The van der Waals surface area contributed by atoms with E-state index in [4.69, 9.17) is 23.2 Å². The van der Waals surface area contributed by atoms with Crippen LogP contribution in [0, 0.1) is 0 Å². The average molecular weight is 345 g/mol. The van der Waals surface area contributed by atoms with Gasteiger partial charge >= 0.3 is 0 Å². The van der Waals surface area contributed by atoms with E-state index in [0.717, 1.165) is 5.56 Å². The summed E-state index contributed by atoms with van der Waals surface area (Å²) < 4.78 is 27.4. The molecule has 1 heterocycles. The van der Waals surface area contributed by atoms with E-state index in [9.17, 15) is 8.42 Å². The van der Waals surface area contributed by atoms with Crippen LogP contribution in [0.4, 0.5) is 0 Å². The topological polar surface area (TPSA) is 59.1 Å². The second kappa shape index (κ2) is 6.75. The molecule has 1 aromatic carbocycles. The molecule has 0 spiro atoms. The van der Waals surface area contributed by atoms with Gasteiger partial charge in [-0.3, -0.25) is 0 Å². The zero-order valence-electron chi connectivity index (χ0n) is 11.3. The number of hydrogen-bond donors (Lipinski definition) is 1. The van der Waals surface area contributed by atoms with Crippen molar-refractivity contribution in [1.29, 1.82) is 0 Å². The zero-order valence-corrected chi connectivity index (χ0v) is 13.6. The Morgan fingerprint density at radius 1 is 1.24 bits per heavy atom. The molecular formula is C14H14Cl2N2O2S. The van der Waals surface area contributed by atoms with E-state index in [1.54, 1.807) is 0 Å². The predicted molar refractivity (Wildman–Crippen MR) is 84.1 cm³/mol. The van der Waals surface area contributed by atoms with Gasteiger partial charge in [0, 0.05) is 12.2 Å². The normalized spacial score (nSPS) is 13.1. The van der Waals surface area contributed by atoms with E-state index in [0.29, 0.717) is 6.42 Å². The Morgan fingerprint density at radius 3 is 2.48 bits per heavy atom.